The van der Waals surface area contributed by atoms with Gasteiger partial charge in [-0.15, -0.1) is 0 Å². The molecular formula is C19H21ClF3N3O. The van der Waals surface area contributed by atoms with Crippen LogP contribution in [-0.4, -0.2) is 65.5 Å². The van der Waals surface area contributed by atoms with Crippen molar-refractivity contribution in [3.8, 4) is 5.75 Å². The van der Waals surface area contributed by atoms with E-state index in [0.29, 0.717) is 37.8 Å². The topological polar surface area (TPSA) is 19.0 Å². The van der Waals surface area contributed by atoms with Gasteiger partial charge in [-0.3, -0.25) is 4.90 Å². The minimum Gasteiger partial charge on any atom is -0.492 e. The number of ether oxygens (including phenoxy) is 1. The average Bonchev–Trinajstić information content (AvgIpc) is 3.35. The van der Waals surface area contributed by atoms with E-state index in [4.69, 9.17) is 16.3 Å². The van der Waals surface area contributed by atoms with Crippen molar-refractivity contribution in [1.29, 1.82) is 0 Å². The SMILES string of the molecule is FC(F)(F)C1(N2CCN3C(=CCN3[C@H]3COc4ccc(Cl)cc4C3)C2)CC1. The van der Waals surface area contributed by atoms with E-state index >= 15 is 0 Å². The monoisotopic (exact) mass is 399 g/mol. The second-order valence-electron chi connectivity index (χ2n) is 7.81. The van der Waals surface area contributed by atoms with Crippen molar-refractivity contribution in [2.45, 2.75) is 37.0 Å². The Kier molecular flexibility index (Phi) is 3.94. The normalized spacial score (nSPS) is 27.6. The molecule has 1 atom stereocenters. The van der Waals surface area contributed by atoms with E-state index in [1.54, 1.807) is 4.90 Å². The number of piperazine rings is 1. The van der Waals surface area contributed by atoms with Gasteiger partial charge in [0.15, 0.2) is 0 Å². The maximum absolute atomic E-state index is 13.5. The number of hydrogen-bond acceptors (Lipinski definition) is 4. The van der Waals surface area contributed by atoms with Gasteiger partial charge in [0.1, 0.15) is 17.9 Å². The van der Waals surface area contributed by atoms with Gasteiger partial charge in [0, 0.05) is 36.9 Å². The number of hydrogen-bond donors (Lipinski definition) is 0. The maximum Gasteiger partial charge on any atom is 0.406 e. The van der Waals surface area contributed by atoms with E-state index in [0.717, 1.165) is 23.4 Å². The van der Waals surface area contributed by atoms with Gasteiger partial charge in [0.25, 0.3) is 0 Å². The summed E-state index contributed by atoms with van der Waals surface area (Å²) in [4.78, 5) is 1.63. The van der Waals surface area contributed by atoms with Gasteiger partial charge in [0.2, 0.25) is 0 Å². The molecule has 0 bridgehead atoms. The molecule has 1 saturated carbocycles. The lowest BCUT2D eigenvalue weighted by Crippen LogP contribution is -2.59. The summed E-state index contributed by atoms with van der Waals surface area (Å²) >= 11 is 6.11. The first-order chi connectivity index (χ1) is 12.9. The summed E-state index contributed by atoms with van der Waals surface area (Å²) in [6, 6.07) is 5.82. The third-order valence-electron chi connectivity index (χ3n) is 6.28. The van der Waals surface area contributed by atoms with Crippen molar-refractivity contribution < 1.29 is 17.9 Å². The van der Waals surface area contributed by atoms with Crippen molar-refractivity contribution in [2.75, 3.05) is 32.8 Å². The standard InChI is InChI=1S/C19H21ClF3N3O/c20-14-1-2-17-13(9-14)10-16(12-27-17)25-6-3-15-11-24(7-8-26(15)25)18(4-5-18)19(21,22)23/h1-3,9,16H,4-8,10-12H2/t16-/m1/s1. The molecule has 4 aliphatic rings. The number of fused-ring (bicyclic) bond motifs is 2. The van der Waals surface area contributed by atoms with Gasteiger partial charge in [0.05, 0.1) is 6.04 Å². The summed E-state index contributed by atoms with van der Waals surface area (Å²) in [5.41, 5.74) is 0.477. The van der Waals surface area contributed by atoms with Gasteiger partial charge in [-0.1, -0.05) is 11.6 Å². The molecule has 4 nitrogen and oxygen atoms in total. The average molecular weight is 400 g/mol. The third kappa shape index (κ3) is 2.82. The Morgan fingerprint density at radius 1 is 1.19 bits per heavy atom. The first-order valence-corrected chi connectivity index (χ1v) is 9.71. The number of alkyl halides is 3. The molecule has 3 heterocycles. The zero-order valence-corrected chi connectivity index (χ0v) is 15.6. The summed E-state index contributed by atoms with van der Waals surface area (Å²) in [5, 5.41) is 5.09. The van der Waals surface area contributed by atoms with Crippen LogP contribution in [0.1, 0.15) is 18.4 Å². The van der Waals surface area contributed by atoms with Crippen LogP contribution in [0.25, 0.3) is 0 Å². The minimum absolute atomic E-state index is 0.161. The van der Waals surface area contributed by atoms with Crippen LogP contribution < -0.4 is 4.74 Å². The highest BCUT2D eigenvalue weighted by molar-refractivity contribution is 6.30. The van der Waals surface area contributed by atoms with Gasteiger partial charge in [-0.2, -0.15) is 13.2 Å². The van der Waals surface area contributed by atoms with Crippen LogP contribution in [0.3, 0.4) is 0 Å². The molecule has 2 fully saturated rings. The molecule has 3 aliphatic heterocycles. The van der Waals surface area contributed by atoms with Gasteiger partial charge in [-0.25, -0.2) is 5.01 Å². The predicted octanol–water partition coefficient (Wildman–Crippen LogP) is 3.47. The number of hydrazine groups is 1. The van der Waals surface area contributed by atoms with Crippen molar-refractivity contribution in [3.05, 3.63) is 40.6 Å². The molecule has 0 aromatic heterocycles. The van der Waals surface area contributed by atoms with Gasteiger partial charge < -0.3 is 9.75 Å². The molecule has 8 heteroatoms. The summed E-state index contributed by atoms with van der Waals surface area (Å²) in [6.45, 7) is 2.67. The molecule has 1 saturated heterocycles. The lowest BCUT2D eigenvalue weighted by atomic mass is 10.0. The molecule has 27 heavy (non-hydrogen) atoms. The summed E-state index contributed by atoms with van der Waals surface area (Å²) in [6.07, 6.45) is -0.812. The molecule has 0 spiro atoms. The van der Waals surface area contributed by atoms with E-state index < -0.39 is 11.7 Å². The van der Waals surface area contributed by atoms with Crippen LogP contribution in [0, 0.1) is 0 Å². The lowest BCUT2D eigenvalue weighted by Gasteiger charge is -2.46. The molecule has 1 aromatic carbocycles. The van der Waals surface area contributed by atoms with Crippen LogP contribution in [0.5, 0.6) is 5.75 Å². The van der Waals surface area contributed by atoms with E-state index in [1.807, 2.05) is 18.2 Å². The summed E-state index contributed by atoms with van der Waals surface area (Å²) in [7, 11) is 0. The van der Waals surface area contributed by atoms with E-state index in [9.17, 15) is 13.2 Å². The first-order valence-electron chi connectivity index (χ1n) is 9.33. The fraction of sp³-hybridized carbons (Fsp3) is 0.579. The smallest absolute Gasteiger partial charge is 0.406 e. The van der Waals surface area contributed by atoms with Crippen LogP contribution >= 0.6 is 11.6 Å². The van der Waals surface area contributed by atoms with Crippen LogP contribution in [0.2, 0.25) is 5.02 Å². The lowest BCUT2D eigenvalue weighted by molar-refractivity contribution is -0.201. The number of halogens is 4. The highest BCUT2D eigenvalue weighted by Crippen LogP contribution is 2.54. The Hall–Kier alpha value is -1.44. The van der Waals surface area contributed by atoms with Crippen molar-refractivity contribution in [2.24, 2.45) is 0 Å². The van der Waals surface area contributed by atoms with Crippen LogP contribution in [0.4, 0.5) is 13.2 Å². The molecular weight excluding hydrogens is 379 g/mol. The van der Waals surface area contributed by atoms with Crippen LogP contribution in [0.15, 0.2) is 30.0 Å². The zero-order valence-electron chi connectivity index (χ0n) is 14.8. The third-order valence-corrected chi connectivity index (χ3v) is 6.51. The van der Waals surface area contributed by atoms with Crippen molar-refractivity contribution >= 4 is 11.6 Å². The van der Waals surface area contributed by atoms with Crippen molar-refractivity contribution in [1.82, 2.24) is 14.9 Å². The van der Waals surface area contributed by atoms with Crippen LogP contribution in [-0.2, 0) is 6.42 Å². The van der Waals surface area contributed by atoms with Gasteiger partial charge in [-0.05, 0) is 49.1 Å². The molecule has 0 unspecified atom stereocenters. The second-order valence-corrected chi connectivity index (χ2v) is 8.25. The Bertz CT molecular complexity index is 793. The highest BCUT2D eigenvalue weighted by Gasteiger charge is 2.67. The van der Waals surface area contributed by atoms with E-state index in [1.165, 1.54) is 0 Å². The maximum atomic E-state index is 13.5. The first kappa shape index (κ1) is 17.6. The molecule has 1 aliphatic carbocycles. The molecule has 146 valence electrons. The fourth-order valence-electron chi connectivity index (χ4n) is 4.62. The van der Waals surface area contributed by atoms with Crippen molar-refractivity contribution in [3.63, 3.8) is 0 Å². The summed E-state index contributed by atoms with van der Waals surface area (Å²) in [5.74, 6) is 0.869. The Labute approximate surface area is 161 Å². The predicted molar refractivity (Wildman–Crippen MR) is 95.5 cm³/mol. The Balaban J connectivity index is 1.29. The molecule has 0 radical (unpaired) electrons. The highest BCUT2D eigenvalue weighted by atomic mass is 35.5. The summed E-state index contributed by atoms with van der Waals surface area (Å²) < 4.78 is 46.3. The molecule has 0 amide bonds. The zero-order chi connectivity index (χ0) is 18.8. The fourth-order valence-corrected chi connectivity index (χ4v) is 4.82. The van der Waals surface area contributed by atoms with Gasteiger partial charge >= 0.3 is 6.18 Å². The van der Waals surface area contributed by atoms with E-state index in [2.05, 4.69) is 16.1 Å². The minimum atomic E-state index is -4.14. The quantitative estimate of drug-likeness (QED) is 0.758. The molecule has 0 N–H and O–H groups in total. The Morgan fingerprint density at radius 2 is 2.00 bits per heavy atom. The number of benzene rings is 1. The molecule has 5 rings (SSSR count). The Morgan fingerprint density at radius 3 is 2.74 bits per heavy atom. The number of nitrogens with zero attached hydrogens (tertiary/aromatic N) is 3. The second kappa shape index (κ2) is 6.03. The molecule has 1 aromatic rings. The number of rotatable bonds is 2. The van der Waals surface area contributed by atoms with E-state index in [-0.39, 0.29) is 18.9 Å². The largest absolute Gasteiger partial charge is 0.492 e.